The minimum absolute atomic E-state index is 0.224. The van der Waals surface area contributed by atoms with E-state index in [1.54, 1.807) is 32.0 Å². The average Bonchev–Trinajstić information content (AvgIpc) is 2.68. The van der Waals surface area contributed by atoms with Gasteiger partial charge in [0.15, 0.2) is 0 Å². The summed E-state index contributed by atoms with van der Waals surface area (Å²) in [4.78, 5) is 40.4. The Balaban J connectivity index is 1.86. The lowest BCUT2D eigenvalue weighted by atomic mass is 10.2. The molecule has 0 bridgehead atoms. The molecule has 1 saturated heterocycles. The molecule has 3 rings (SSSR count). The molecule has 1 atom stereocenters. The van der Waals surface area contributed by atoms with E-state index in [0.29, 0.717) is 35.7 Å². The highest BCUT2D eigenvalue weighted by molar-refractivity contribution is 6.31. The van der Waals surface area contributed by atoms with Crippen LogP contribution in [0.3, 0.4) is 0 Å². The number of carbonyl (C=O) groups is 1. The van der Waals surface area contributed by atoms with Gasteiger partial charge in [0.05, 0.1) is 24.1 Å². The monoisotopic (exact) mass is 408 g/mol. The summed E-state index contributed by atoms with van der Waals surface area (Å²) in [7, 11) is 0. The number of carbonyl (C=O) groups excluding carboxylic acids is 1. The van der Waals surface area contributed by atoms with E-state index in [-0.39, 0.29) is 18.0 Å². The third-order valence-electron chi connectivity index (χ3n) is 5.05. The fourth-order valence-corrected chi connectivity index (χ4v) is 3.60. The van der Waals surface area contributed by atoms with Crippen LogP contribution in [0.2, 0.25) is 5.02 Å². The first kappa shape index (κ1) is 20.6. The van der Waals surface area contributed by atoms with Crippen molar-refractivity contribution in [2.45, 2.75) is 26.4 Å². The van der Waals surface area contributed by atoms with Crippen molar-refractivity contribution in [3.05, 3.63) is 44.1 Å². The zero-order valence-electron chi connectivity index (χ0n) is 16.1. The number of nitrogens with zero attached hydrogens (tertiary/aromatic N) is 3. The van der Waals surface area contributed by atoms with Crippen LogP contribution >= 0.6 is 11.6 Å². The molecule has 2 aromatic rings. The number of hydrogen-bond acceptors (Lipinski definition) is 5. The molecule has 0 spiro atoms. The van der Waals surface area contributed by atoms with Gasteiger partial charge < -0.3 is 10.1 Å². The van der Waals surface area contributed by atoms with E-state index >= 15 is 0 Å². The fourth-order valence-electron chi connectivity index (χ4n) is 3.43. The van der Waals surface area contributed by atoms with Crippen LogP contribution in [0.15, 0.2) is 27.8 Å². The topological polar surface area (TPSA) is 85.6 Å². The Morgan fingerprint density at radius 1 is 1.29 bits per heavy atom. The summed E-state index contributed by atoms with van der Waals surface area (Å²) in [5, 5.41) is 3.64. The SMILES string of the molecule is CCn1c(=O)c2ccc(Cl)cc2n([C@@H](C)C(=O)NCCN2CCOCC2)c1=O. The van der Waals surface area contributed by atoms with E-state index in [2.05, 4.69) is 10.2 Å². The number of amides is 1. The van der Waals surface area contributed by atoms with E-state index in [9.17, 15) is 14.4 Å². The first-order chi connectivity index (χ1) is 13.4. The number of fused-ring (bicyclic) bond motifs is 1. The Labute approximate surface area is 167 Å². The second-order valence-electron chi connectivity index (χ2n) is 6.78. The van der Waals surface area contributed by atoms with Crippen LogP contribution < -0.4 is 16.6 Å². The summed E-state index contributed by atoms with van der Waals surface area (Å²) in [5.41, 5.74) is -0.531. The standard InChI is InChI=1S/C19H25ClN4O4/c1-3-23-18(26)15-5-4-14(20)12-16(15)24(19(23)27)13(2)17(25)21-6-7-22-8-10-28-11-9-22/h4-5,12-13H,3,6-11H2,1-2H3,(H,21,25)/t13-/m0/s1. The Morgan fingerprint density at radius 2 is 2.00 bits per heavy atom. The highest BCUT2D eigenvalue weighted by Gasteiger charge is 2.22. The van der Waals surface area contributed by atoms with Gasteiger partial charge in [0, 0.05) is 37.7 Å². The van der Waals surface area contributed by atoms with Crippen molar-refractivity contribution < 1.29 is 9.53 Å². The smallest absolute Gasteiger partial charge is 0.332 e. The van der Waals surface area contributed by atoms with Crippen LogP contribution in [0.1, 0.15) is 19.9 Å². The molecule has 1 aromatic heterocycles. The molecule has 1 N–H and O–H groups in total. The number of benzene rings is 1. The molecule has 8 nitrogen and oxygen atoms in total. The van der Waals surface area contributed by atoms with Gasteiger partial charge >= 0.3 is 5.69 Å². The van der Waals surface area contributed by atoms with Crippen LogP contribution in [-0.2, 0) is 16.1 Å². The van der Waals surface area contributed by atoms with Crippen molar-refractivity contribution in [1.29, 1.82) is 0 Å². The number of morpholine rings is 1. The average molecular weight is 409 g/mol. The molecule has 1 aliphatic heterocycles. The van der Waals surface area contributed by atoms with E-state index in [1.165, 1.54) is 4.57 Å². The summed E-state index contributed by atoms with van der Waals surface area (Å²) in [6.07, 6.45) is 0. The zero-order chi connectivity index (χ0) is 20.3. The first-order valence-electron chi connectivity index (χ1n) is 9.46. The summed E-state index contributed by atoms with van der Waals surface area (Å²) in [6.45, 7) is 7.88. The molecule has 1 aromatic carbocycles. The van der Waals surface area contributed by atoms with Crippen LogP contribution in [0, 0.1) is 0 Å². The van der Waals surface area contributed by atoms with Gasteiger partial charge in [0.2, 0.25) is 5.91 Å². The summed E-state index contributed by atoms with van der Waals surface area (Å²) < 4.78 is 7.79. The third-order valence-corrected chi connectivity index (χ3v) is 5.28. The maximum atomic E-state index is 12.9. The second kappa shape index (κ2) is 8.89. The molecule has 9 heteroatoms. The molecule has 0 unspecified atom stereocenters. The van der Waals surface area contributed by atoms with Gasteiger partial charge in [-0.15, -0.1) is 0 Å². The first-order valence-corrected chi connectivity index (χ1v) is 9.84. The molecular formula is C19H25ClN4O4. The summed E-state index contributed by atoms with van der Waals surface area (Å²) in [6, 6.07) is 3.96. The molecule has 1 fully saturated rings. The lowest BCUT2D eigenvalue weighted by molar-refractivity contribution is -0.124. The van der Waals surface area contributed by atoms with Gasteiger partial charge in [0.25, 0.3) is 5.56 Å². The Kier molecular flexibility index (Phi) is 6.53. The van der Waals surface area contributed by atoms with Gasteiger partial charge in [0.1, 0.15) is 6.04 Å². The van der Waals surface area contributed by atoms with Gasteiger partial charge in [-0.25, -0.2) is 4.79 Å². The fraction of sp³-hybridized carbons (Fsp3) is 0.526. The number of nitrogens with one attached hydrogen (secondary N) is 1. The minimum atomic E-state index is -0.781. The van der Waals surface area contributed by atoms with Crippen LogP contribution in [0.4, 0.5) is 0 Å². The highest BCUT2D eigenvalue weighted by Crippen LogP contribution is 2.18. The number of aromatic nitrogens is 2. The molecular weight excluding hydrogens is 384 g/mol. The van der Waals surface area contributed by atoms with Crippen molar-refractivity contribution in [3.8, 4) is 0 Å². The Bertz CT molecular complexity index is 978. The largest absolute Gasteiger partial charge is 0.379 e. The van der Waals surface area contributed by atoms with Crippen molar-refractivity contribution >= 4 is 28.4 Å². The lowest BCUT2D eigenvalue weighted by Crippen LogP contribution is -2.46. The molecule has 28 heavy (non-hydrogen) atoms. The number of hydrogen-bond donors (Lipinski definition) is 1. The normalized spacial score (nSPS) is 16.2. The molecule has 0 saturated carbocycles. The number of halogens is 1. The number of rotatable bonds is 6. The van der Waals surface area contributed by atoms with Crippen molar-refractivity contribution in [2.24, 2.45) is 0 Å². The predicted octanol–water partition coefficient (Wildman–Crippen LogP) is 0.846. The zero-order valence-corrected chi connectivity index (χ0v) is 16.9. The van der Waals surface area contributed by atoms with Crippen LogP contribution in [-0.4, -0.2) is 59.3 Å². The summed E-state index contributed by atoms with van der Waals surface area (Å²) in [5.74, 6) is -0.280. The summed E-state index contributed by atoms with van der Waals surface area (Å²) >= 11 is 6.08. The van der Waals surface area contributed by atoms with Gasteiger partial charge in [-0.2, -0.15) is 0 Å². The molecule has 0 aliphatic carbocycles. The van der Waals surface area contributed by atoms with Gasteiger partial charge in [-0.05, 0) is 32.0 Å². The van der Waals surface area contributed by atoms with Crippen LogP contribution in [0.25, 0.3) is 10.9 Å². The molecule has 0 radical (unpaired) electrons. The molecule has 1 aliphatic rings. The molecule has 2 heterocycles. The predicted molar refractivity (Wildman–Crippen MR) is 108 cm³/mol. The van der Waals surface area contributed by atoms with E-state index in [4.69, 9.17) is 16.3 Å². The minimum Gasteiger partial charge on any atom is -0.379 e. The number of ether oxygens (including phenoxy) is 1. The van der Waals surface area contributed by atoms with Crippen LogP contribution in [0.5, 0.6) is 0 Å². The quantitative estimate of drug-likeness (QED) is 0.765. The molecule has 152 valence electrons. The van der Waals surface area contributed by atoms with Crippen molar-refractivity contribution in [2.75, 3.05) is 39.4 Å². The Hall–Kier alpha value is -2.16. The van der Waals surface area contributed by atoms with Crippen molar-refractivity contribution in [1.82, 2.24) is 19.4 Å². The maximum Gasteiger partial charge on any atom is 0.332 e. The third kappa shape index (κ3) is 4.14. The highest BCUT2D eigenvalue weighted by atomic mass is 35.5. The molecule has 1 amide bonds. The lowest BCUT2D eigenvalue weighted by Gasteiger charge is -2.27. The van der Waals surface area contributed by atoms with E-state index in [0.717, 1.165) is 24.2 Å². The second-order valence-corrected chi connectivity index (χ2v) is 7.22. The van der Waals surface area contributed by atoms with Crippen molar-refractivity contribution in [3.63, 3.8) is 0 Å². The van der Waals surface area contributed by atoms with E-state index < -0.39 is 11.7 Å². The van der Waals surface area contributed by atoms with Gasteiger partial charge in [-0.1, -0.05) is 11.6 Å². The Morgan fingerprint density at radius 3 is 2.68 bits per heavy atom. The van der Waals surface area contributed by atoms with E-state index in [1.807, 2.05) is 0 Å². The maximum absolute atomic E-state index is 12.9. The van der Waals surface area contributed by atoms with Gasteiger partial charge in [-0.3, -0.25) is 23.6 Å².